The van der Waals surface area contributed by atoms with E-state index in [1.165, 1.54) is 4.68 Å². The predicted octanol–water partition coefficient (Wildman–Crippen LogP) is -1.90. The molecule has 0 unspecified atom stereocenters. The Morgan fingerprint density at radius 2 is 2.23 bits per heavy atom. The van der Waals surface area contributed by atoms with Crippen LogP contribution >= 0.6 is 0 Å². The van der Waals surface area contributed by atoms with E-state index in [1.54, 1.807) is 0 Å². The lowest BCUT2D eigenvalue weighted by Gasteiger charge is -2.25. The Morgan fingerprint density at radius 1 is 1.54 bits per heavy atom. The molecule has 13 heavy (non-hydrogen) atoms. The van der Waals surface area contributed by atoms with Crippen LogP contribution in [0.5, 0.6) is 0 Å². The molecule has 0 saturated carbocycles. The second-order valence-electron chi connectivity index (χ2n) is 2.97. The SMILES string of the molecule is NCc1nnnn1C1CS(=O)(=O)C1. The van der Waals surface area contributed by atoms with E-state index in [1.807, 2.05) is 0 Å². The quantitative estimate of drug-likeness (QED) is 0.602. The fourth-order valence-electron chi connectivity index (χ4n) is 1.31. The van der Waals surface area contributed by atoms with Crippen LogP contribution in [0.1, 0.15) is 11.9 Å². The number of sulfone groups is 1. The molecule has 1 aromatic heterocycles. The number of hydrogen-bond acceptors (Lipinski definition) is 6. The van der Waals surface area contributed by atoms with E-state index in [-0.39, 0.29) is 24.1 Å². The molecule has 0 aliphatic carbocycles. The second kappa shape index (κ2) is 2.74. The molecule has 2 rings (SSSR count). The lowest BCUT2D eigenvalue weighted by molar-refractivity contribution is 0.450. The fraction of sp³-hybridized carbons (Fsp3) is 0.800. The predicted molar refractivity (Wildman–Crippen MR) is 43.4 cm³/mol. The molecule has 0 aromatic carbocycles. The third-order valence-electron chi connectivity index (χ3n) is 1.98. The highest BCUT2D eigenvalue weighted by Gasteiger charge is 2.36. The van der Waals surface area contributed by atoms with Crippen molar-refractivity contribution in [3.05, 3.63) is 5.82 Å². The average Bonchev–Trinajstić information content (AvgIpc) is 2.46. The first-order valence-corrected chi connectivity index (χ1v) is 5.62. The summed E-state index contributed by atoms with van der Waals surface area (Å²) in [6.45, 7) is 0.226. The van der Waals surface area contributed by atoms with Gasteiger partial charge < -0.3 is 5.73 Å². The van der Waals surface area contributed by atoms with Gasteiger partial charge in [-0.1, -0.05) is 0 Å². The molecule has 72 valence electrons. The summed E-state index contributed by atoms with van der Waals surface area (Å²) in [7, 11) is -2.84. The number of nitrogens with two attached hydrogens (primary N) is 1. The van der Waals surface area contributed by atoms with Gasteiger partial charge in [-0.25, -0.2) is 13.1 Å². The minimum atomic E-state index is -2.84. The molecule has 0 spiro atoms. The van der Waals surface area contributed by atoms with Crippen molar-refractivity contribution in [2.24, 2.45) is 5.73 Å². The highest BCUT2D eigenvalue weighted by atomic mass is 32.2. The van der Waals surface area contributed by atoms with Crippen molar-refractivity contribution in [3.8, 4) is 0 Å². The van der Waals surface area contributed by atoms with Gasteiger partial charge in [-0.15, -0.1) is 5.10 Å². The first-order chi connectivity index (χ1) is 6.12. The highest BCUT2D eigenvalue weighted by molar-refractivity contribution is 7.92. The summed E-state index contributed by atoms with van der Waals surface area (Å²) in [6, 6.07) is -0.126. The molecule has 0 bridgehead atoms. The van der Waals surface area contributed by atoms with Crippen LogP contribution in [0.4, 0.5) is 0 Å². The standard InChI is InChI=1S/C5H9N5O2S/c6-1-5-7-8-9-10(5)4-2-13(11,12)3-4/h4H,1-3,6H2. The van der Waals surface area contributed by atoms with Gasteiger partial charge in [-0.2, -0.15) is 0 Å². The molecule has 1 aliphatic rings. The van der Waals surface area contributed by atoms with Gasteiger partial charge in [0.05, 0.1) is 24.1 Å². The maximum atomic E-state index is 10.9. The van der Waals surface area contributed by atoms with Gasteiger partial charge in [-0.05, 0) is 10.4 Å². The first-order valence-electron chi connectivity index (χ1n) is 3.79. The van der Waals surface area contributed by atoms with E-state index in [9.17, 15) is 8.42 Å². The van der Waals surface area contributed by atoms with Gasteiger partial charge in [0, 0.05) is 0 Å². The smallest absolute Gasteiger partial charge is 0.165 e. The van der Waals surface area contributed by atoms with Crippen LogP contribution in [-0.2, 0) is 16.4 Å². The Morgan fingerprint density at radius 3 is 2.77 bits per heavy atom. The van der Waals surface area contributed by atoms with E-state index in [4.69, 9.17) is 5.73 Å². The summed E-state index contributed by atoms with van der Waals surface area (Å²) in [6.07, 6.45) is 0. The lowest BCUT2D eigenvalue weighted by Crippen LogP contribution is -2.39. The first kappa shape index (κ1) is 8.57. The highest BCUT2D eigenvalue weighted by Crippen LogP contribution is 2.22. The number of rotatable bonds is 2. The monoisotopic (exact) mass is 203 g/mol. The maximum Gasteiger partial charge on any atom is 0.165 e. The van der Waals surface area contributed by atoms with Crippen molar-refractivity contribution < 1.29 is 8.42 Å². The van der Waals surface area contributed by atoms with Gasteiger partial charge in [0.15, 0.2) is 15.7 Å². The molecule has 0 amide bonds. The summed E-state index contributed by atoms with van der Waals surface area (Å²) < 4.78 is 23.2. The molecule has 1 fully saturated rings. The van der Waals surface area contributed by atoms with Crippen LogP contribution in [0.25, 0.3) is 0 Å². The van der Waals surface area contributed by atoms with Crippen molar-refractivity contribution in [3.63, 3.8) is 0 Å². The van der Waals surface area contributed by atoms with Crippen molar-refractivity contribution in [2.45, 2.75) is 12.6 Å². The Labute approximate surface area is 74.8 Å². The van der Waals surface area contributed by atoms with Crippen LogP contribution in [0.3, 0.4) is 0 Å². The van der Waals surface area contributed by atoms with Crippen LogP contribution in [0.2, 0.25) is 0 Å². The minimum absolute atomic E-state index is 0.116. The van der Waals surface area contributed by atoms with Crippen LogP contribution in [0.15, 0.2) is 0 Å². The van der Waals surface area contributed by atoms with Crippen molar-refractivity contribution >= 4 is 9.84 Å². The molecular formula is C5H9N5O2S. The number of hydrogen-bond donors (Lipinski definition) is 1. The minimum Gasteiger partial charge on any atom is -0.324 e. The van der Waals surface area contributed by atoms with Gasteiger partial charge in [-0.3, -0.25) is 0 Å². The van der Waals surface area contributed by atoms with Crippen molar-refractivity contribution in [1.82, 2.24) is 20.2 Å². The Bertz CT molecular complexity index is 398. The zero-order valence-corrected chi connectivity index (χ0v) is 7.61. The largest absolute Gasteiger partial charge is 0.324 e. The number of aromatic nitrogens is 4. The zero-order valence-electron chi connectivity index (χ0n) is 6.79. The van der Waals surface area contributed by atoms with Gasteiger partial charge in [0.1, 0.15) is 0 Å². The summed E-state index contributed by atoms with van der Waals surface area (Å²) in [5, 5.41) is 10.8. The lowest BCUT2D eigenvalue weighted by atomic mass is 10.4. The van der Waals surface area contributed by atoms with Gasteiger partial charge >= 0.3 is 0 Å². The Kier molecular flexibility index (Phi) is 1.81. The van der Waals surface area contributed by atoms with Crippen molar-refractivity contribution in [1.29, 1.82) is 0 Å². The van der Waals surface area contributed by atoms with E-state index < -0.39 is 9.84 Å². The van der Waals surface area contributed by atoms with E-state index in [0.29, 0.717) is 5.82 Å². The Hall–Kier alpha value is -1.02. The fourth-order valence-corrected chi connectivity index (χ4v) is 2.67. The van der Waals surface area contributed by atoms with Crippen LogP contribution in [0, 0.1) is 0 Å². The molecule has 1 aromatic rings. The molecule has 0 atom stereocenters. The second-order valence-corrected chi connectivity index (χ2v) is 5.13. The van der Waals surface area contributed by atoms with Crippen molar-refractivity contribution in [2.75, 3.05) is 11.5 Å². The van der Waals surface area contributed by atoms with Crippen LogP contribution in [-0.4, -0.2) is 40.1 Å². The van der Waals surface area contributed by atoms with Gasteiger partial charge in [0.2, 0.25) is 0 Å². The summed E-state index contributed by atoms with van der Waals surface area (Å²) in [4.78, 5) is 0. The molecule has 8 heteroatoms. The maximum absolute atomic E-state index is 10.9. The third-order valence-corrected chi connectivity index (χ3v) is 3.77. The topological polar surface area (TPSA) is 104 Å². The average molecular weight is 203 g/mol. The third kappa shape index (κ3) is 1.42. The number of tetrazole rings is 1. The van der Waals surface area contributed by atoms with E-state index >= 15 is 0 Å². The molecule has 0 radical (unpaired) electrons. The Balaban J connectivity index is 2.19. The van der Waals surface area contributed by atoms with E-state index in [2.05, 4.69) is 15.5 Å². The van der Waals surface area contributed by atoms with Crippen LogP contribution < -0.4 is 5.73 Å². The number of nitrogens with zero attached hydrogens (tertiary/aromatic N) is 4. The van der Waals surface area contributed by atoms with Gasteiger partial charge in [0.25, 0.3) is 0 Å². The van der Waals surface area contributed by atoms with E-state index in [0.717, 1.165) is 0 Å². The summed E-state index contributed by atoms with van der Waals surface area (Å²) in [5.74, 6) is 0.760. The zero-order chi connectivity index (χ0) is 9.47. The molecule has 7 nitrogen and oxygen atoms in total. The molecule has 1 aliphatic heterocycles. The summed E-state index contributed by atoms with van der Waals surface area (Å²) in [5.41, 5.74) is 5.37. The molecule has 2 heterocycles. The summed E-state index contributed by atoms with van der Waals surface area (Å²) >= 11 is 0. The molecule has 2 N–H and O–H groups in total. The molecule has 1 saturated heterocycles. The normalized spacial score (nSPS) is 21.3. The molecular weight excluding hydrogens is 194 g/mol.